The molecule has 0 aliphatic carbocycles. The van der Waals surface area contributed by atoms with Gasteiger partial charge in [0.2, 0.25) is 5.91 Å². The molecule has 0 radical (unpaired) electrons. The predicted octanol–water partition coefficient (Wildman–Crippen LogP) is 1.78. The molecule has 0 aromatic rings. The third-order valence-corrected chi connectivity index (χ3v) is 4.04. The molecule has 92 valence electrons. The number of likely N-dealkylation sites (tertiary alicyclic amines) is 1. The zero-order chi connectivity index (χ0) is 11.6. The van der Waals surface area contributed by atoms with Crippen molar-refractivity contribution in [2.24, 2.45) is 5.41 Å². The summed E-state index contributed by atoms with van der Waals surface area (Å²) in [5.74, 6) is 0.343. The van der Waals surface area contributed by atoms with Crippen LogP contribution in [0.3, 0.4) is 0 Å². The van der Waals surface area contributed by atoms with Gasteiger partial charge in [-0.05, 0) is 37.6 Å². The first-order chi connectivity index (χ1) is 7.58. The monoisotopic (exact) mass is 224 g/mol. The summed E-state index contributed by atoms with van der Waals surface area (Å²) in [4.78, 5) is 14.3. The first-order valence-corrected chi connectivity index (χ1v) is 6.61. The second-order valence-electron chi connectivity index (χ2n) is 5.99. The Hall–Kier alpha value is -0.570. The van der Waals surface area contributed by atoms with Gasteiger partial charge < -0.3 is 10.2 Å². The van der Waals surface area contributed by atoms with Gasteiger partial charge in [0.05, 0.1) is 6.04 Å². The number of carbonyl (C=O) groups excluding carboxylic acids is 1. The van der Waals surface area contributed by atoms with Gasteiger partial charge in [0.1, 0.15) is 0 Å². The van der Waals surface area contributed by atoms with Crippen LogP contribution in [0.25, 0.3) is 0 Å². The minimum absolute atomic E-state index is 0.106. The fourth-order valence-corrected chi connectivity index (χ4v) is 2.62. The third kappa shape index (κ3) is 2.76. The Morgan fingerprint density at radius 1 is 1.25 bits per heavy atom. The highest BCUT2D eigenvalue weighted by Gasteiger charge is 2.31. The van der Waals surface area contributed by atoms with Gasteiger partial charge in [0.25, 0.3) is 0 Å². The predicted molar refractivity (Wildman–Crippen MR) is 65.2 cm³/mol. The summed E-state index contributed by atoms with van der Waals surface area (Å²) < 4.78 is 0. The van der Waals surface area contributed by atoms with E-state index in [4.69, 9.17) is 0 Å². The van der Waals surface area contributed by atoms with E-state index in [9.17, 15) is 4.79 Å². The van der Waals surface area contributed by atoms with E-state index in [2.05, 4.69) is 24.1 Å². The molecule has 0 spiro atoms. The summed E-state index contributed by atoms with van der Waals surface area (Å²) in [7, 11) is 0. The molecule has 16 heavy (non-hydrogen) atoms. The standard InChI is InChI=1S/C13H24N2O/c1-13(2)6-9-15(10-7-13)12(16)11-5-3-4-8-14-11/h11,14H,3-10H2,1-2H3/t11-/m1/s1. The Morgan fingerprint density at radius 2 is 1.94 bits per heavy atom. The van der Waals surface area contributed by atoms with Gasteiger partial charge in [-0.1, -0.05) is 20.3 Å². The van der Waals surface area contributed by atoms with E-state index in [1.165, 1.54) is 12.8 Å². The second kappa shape index (κ2) is 4.74. The molecule has 0 aromatic carbocycles. The Balaban J connectivity index is 1.86. The van der Waals surface area contributed by atoms with Crippen molar-refractivity contribution < 1.29 is 4.79 Å². The fourth-order valence-electron chi connectivity index (χ4n) is 2.62. The van der Waals surface area contributed by atoms with Crippen LogP contribution in [0.15, 0.2) is 0 Å². The number of nitrogens with one attached hydrogen (secondary N) is 1. The van der Waals surface area contributed by atoms with Crippen LogP contribution < -0.4 is 5.32 Å². The number of nitrogens with zero attached hydrogens (tertiary/aromatic N) is 1. The number of hydrogen-bond acceptors (Lipinski definition) is 2. The van der Waals surface area contributed by atoms with E-state index in [-0.39, 0.29) is 6.04 Å². The average Bonchev–Trinajstić information content (AvgIpc) is 2.29. The first kappa shape index (κ1) is 11.9. The SMILES string of the molecule is CC1(C)CCN(C(=O)[C@H]2CCCCN2)CC1. The van der Waals surface area contributed by atoms with Crippen molar-refractivity contribution in [3.05, 3.63) is 0 Å². The van der Waals surface area contributed by atoms with E-state index in [1.54, 1.807) is 0 Å². The minimum atomic E-state index is 0.106. The lowest BCUT2D eigenvalue weighted by molar-refractivity contribution is -0.136. The highest BCUT2D eigenvalue weighted by Crippen LogP contribution is 2.30. The molecule has 1 N–H and O–H groups in total. The quantitative estimate of drug-likeness (QED) is 0.736. The second-order valence-corrected chi connectivity index (χ2v) is 5.99. The lowest BCUT2D eigenvalue weighted by atomic mass is 9.82. The minimum Gasteiger partial charge on any atom is -0.341 e. The number of amides is 1. The van der Waals surface area contributed by atoms with Crippen LogP contribution in [-0.4, -0.2) is 36.5 Å². The molecule has 0 saturated carbocycles. The van der Waals surface area contributed by atoms with E-state index in [0.29, 0.717) is 11.3 Å². The smallest absolute Gasteiger partial charge is 0.239 e. The molecular weight excluding hydrogens is 200 g/mol. The summed E-state index contributed by atoms with van der Waals surface area (Å²) in [6.45, 7) is 7.51. The van der Waals surface area contributed by atoms with Crippen LogP contribution >= 0.6 is 0 Å². The summed E-state index contributed by atoms with van der Waals surface area (Å²) in [5.41, 5.74) is 0.427. The summed E-state index contributed by atoms with van der Waals surface area (Å²) >= 11 is 0. The zero-order valence-corrected chi connectivity index (χ0v) is 10.6. The Bertz CT molecular complexity index is 247. The number of piperidine rings is 2. The maximum Gasteiger partial charge on any atom is 0.239 e. The number of carbonyl (C=O) groups is 1. The number of rotatable bonds is 1. The van der Waals surface area contributed by atoms with E-state index in [1.807, 2.05) is 0 Å². The summed E-state index contributed by atoms with van der Waals surface area (Å²) in [6.07, 6.45) is 5.73. The molecule has 2 fully saturated rings. The molecule has 2 aliphatic heterocycles. The van der Waals surface area contributed by atoms with Gasteiger partial charge in [-0.3, -0.25) is 4.79 Å². The van der Waals surface area contributed by atoms with Gasteiger partial charge in [-0.15, -0.1) is 0 Å². The van der Waals surface area contributed by atoms with Crippen LogP contribution in [0, 0.1) is 5.41 Å². The molecule has 1 amide bonds. The van der Waals surface area contributed by atoms with Crippen LogP contribution in [-0.2, 0) is 4.79 Å². The molecule has 3 nitrogen and oxygen atoms in total. The zero-order valence-electron chi connectivity index (χ0n) is 10.6. The highest BCUT2D eigenvalue weighted by atomic mass is 16.2. The largest absolute Gasteiger partial charge is 0.341 e. The Labute approximate surface area is 98.6 Å². The Kier molecular flexibility index (Phi) is 3.53. The molecular formula is C13H24N2O. The van der Waals surface area contributed by atoms with Crippen LogP contribution in [0.1, 0.15) is 46.0 Å². The van der Waals surface area contributed by atoms with Crippen LogP contribution in [0.4, 0.5) is 0 Å². The van der Waals surface area contributed by atoms with Gasteiger partial charge in [0, 0.05) is 13.1 Å². The third-order valence-electron chi connectivity index (χ3n) is 4.04. The maximum absolute atomic E-state index is 12.2. The van der Waals surface area contributed by atoms with Gasteiger partial charge in [-0.25, -0.2) is 0 Å². The van der Waals surface area contributed by atoms with E-state index >= 15 is 0 Å². The molecule has 0 unspecified atom stereocenters. The highest BCUT2D eigenvalue weighted by molar-refractivity contribution is 5.82. The maximum atomic E-state index is 12.2. The topological polar surface area (TPSA) is 32.3 Å². The first-order valence-electron chi connectivity index (χ1n) is 6.61. The lowest BCUT2D eigenvalue weighted by Gasteiger charge is -2.39. The van der Waals surface area contributed by atoms with Crippen molar-refractivity contribution in [2.45, 2.75) is 52.0 Å². The van der Waals surface area contributed by atoms with Crippen molar-refractivity contribution in [3.63, 3.8) is 0 Å². The molecule has 2 heterocycles. The van der Waals surface area contributed by atoms with Crippen LogP contribution in [0.2, 0.25) is 0 Å². The van der Waals surface area contributed by atoms with Crippen molar-refractivity contribution in [1.82, 2.24) is 10.2 Å². The van der Waals surface area contributed by atoms with Crippen molar-refractivity contribution in [2.75, 3.05) is 19.6 Å². The fraction of sp³-hybridized carbons (Fsp3) is 0.923. The Morgan fingerprint density at radius 3 is 2.50 bits per heavy atom. The molecule has 2 saturated heterocycles. The molecule has 3 heteroatoms. The molecule has 2 rings (SSSR count). The molecule has 0 bridgehead atoms. The van der Waals surface area contributed by atoms with Crippen molar-refractivity contribution >= 4 is 5.91 Å². The normalized spacial score (nSPS) is 30.1. The van der Waals surface area contributed by atoms with Crippen molar-refractivity contribution in [3.8, 4) is 0 Å². The average molecular weight is 224 g/mol. The van der Waals surface area contributed by atoms with Crippen LogP contribution in [0.5, 0.6) is 0 Å². The van der Waals surface area contributed by atoms with Gasteiger partial charge in [0.15, 0.2) is 0 Å². The van der Waals surface area contributed by atoms with E-state index < -0.39 is 0 Å². The summed E-state index contributed by atoms with van der Waals surface area (Å²) in [5, 5.41) is 3.35. The molecule has 0 aromatic heterocycles. The number of hydrogen-bond donors (Lipinski definition) is 1. The van der Waals surface area contributed by atoms with E-state index in [0.717, 1.165) is 38.9 Å². The molecule has 2 aliphatic rings. The molecule has 1 atom stereocenters. The lowest BCUT2D eigenvalue weighted by Crippen LogP contribution is -2.51. The van der Waals surface area contributed by atoms with Gasteiger partial charge >= 0.3 is 0 Å². The van der Waals surface area contributed by atoms with Gasteiger partial charge in [-0.2, -0.15) is 0 Å². The summed E-state index contributed by atoms with van der Waals surface area (Å²) in [6, 6.07) is 0.106. The van der Waals surface area contributed by atoms with Crippen molar-refractivity contribution in [1.29, 1.82) is 0 Å².